The first-order valence-electron chi connectivity index (χ1n) is 25.7. The van der Waals surface area contributed by atoms with E-state index in [-0.39, 0.29) is 23.5 Å². The van der Waals surface area contributed by atoms with E-state index in [1.54, 1.807) is 0 Å². The third-order valence-corrected chi connectivity index (χ3v) is 15.1. The monoisotopic (exact) mass is 950 g/mol. The lowest BCUT2D eigenvalue weighted by molar-refractivity contribution is 0.296. The van der Waals surface area contributed by atoms with Crippen molar-refractivity contribution >= 4 is 79.6 Å². The number of anilines is 6. The highest BCUT2D eigenvalue weighted by atomic mass is 16.5. The molecule has 6 heterocycles. The molecule has 0 atom stereocenters. The molecule has 360 valence electrons. The number of fused-ring (bicyclic) bond motifs is 10. The molecule has 0 spiro atoms. The zero-order chi connectivity index (χ0) is 49.2. The van der Waals surface area contributed by atoms with Crippen molar-refractivity contribution in [2.75, 3.05) is 36.2 Å². The molecule has 0 aliphatic carbocycles. The molecule has 0 radical (unpaired) electrons. The normalized spacial score (nSPS) is 15.1. The lowest BCUT2D eigenvalue weighted by Gasteiger charge is -2.42. The van der Waals surface area contributed by atoms with Crippen molar-refractivity contribution in [3.05, 3.63) is 150 Å². The number of furan rings is 2. The first kappa shape index (κ1) is 44.4. The van der Waals surface area contributed by atoms with Gasteiger partial charge in [0.05, 0.1) is 37.8 Å². The summed E-state index contributed by atoms with van der Waals surface area (Å²) in [6.07, 6.45) is 1.59. The predicted octanol–water partition coefficient (Wildman–Crippen LogP) is 14.6. The Labute approximate surface area is 422 Å². The summed E-state index contributed by atoms with van der Waals surface area (Å²) < 4.78 is 41.0. The van der Waals surface area contributed by atoms with Crippen LogP contribution in [0.1, 0.15) is 90.8 Å². The summed E-state index contributed by atoms with van der Waals surface area (Å²) in [5.41, 5.74) is 16.5. The largest absolute Gasteiger partial charge is 0.490 e. The van der Waals surface area contributed by atoms with E-state index in [0.717, 1.165) is 119 Å². The molecule has 9 heteroatoms. The van der Waals surface area contributed by atoms with Crippen LogP contribution in [-0.2, 0) is 10.8 Å². The van der Waals surface area contributed by atoms with Crippen molar-refractivity contribution in [1.29, 1.82) is 0 Å². The molecule has 8 nitrogen and oxygen atoms in total. The highest BCUT2D eigenvalue weighted by Crippen LogP contribution is 2.54. The standard InChI is InChI=1S/C63H59BN2O6/c1-37(2)40-29-49-59-50(30-40)66(48-36-56-54(68-26-16-28-70-56)34-44(48)39-19-13-10-14-20-39)61-58(46-32-42(63(6,7)8)22-24-52(46)72-61)64(59)57-45-31-41(62(3,4)5)21-23-51(45)71-60(57)65(49)47-35-55-53(67-25-15-27-69-55)33-43(47)38-17-11-9-12-18-38/h9-14,17-24,29-37H,15-16,25-28H2,1-8H3. The van der Waals surface area contributed by atoms with Gasteiger partial charge in [-0.05, 0) is 98.6 Å². The van der Waals surface area contributed by atoms with Gasteiger partial charge in [-0.1, -0.05) is 128 Å². The second-order valence-corrected chi connectivity index (χ2v) is 22.3. The third kappa shape index (κ3) is 7.09. The summed E-state index contributed by atoms with van der Waals surface area (Å²) in [5.74, 6) is 4.60. The Balaban J connectivity index is 1.21. The number of rotatable bonds is 5. The highest BCUT2D eigenvalue weighted by Gasteiger charge is 2.50. The van der Waals surface area contributed by atoms with Gasteiger partial charge in [-0.3, -0.25) is 9.80 Å². The lowest BCUT2D eigenvalue weighted by Crippen LogP contribution is -2.61. The van der Waals surface area contributed by atoms with Crippen molar-refractivity contribution < 1.29 is 27.8 Å². The van der Waals surface area contributed by atoms with Crippen molar-refractivity contribution in [3.8, 4) is 45.3 Å². The zero-order valence-corrected chi connectivity index (χ0v) is 42.4. The second-order valence-electron chi connectivity index (χ2n) is 22.3. The van der Waals surface area contributed by atoms with E-state index in [2.05, 4.69) is 199 Å². The van der Waals surface area contributed by atoms with Gasteiger partial charge in [0.25, 0.3) is 6.71 Å². The van der Waals surface area contributed by atoms with Gasteiger partial charge in [0.15, 0.2) is 23.0 Å². The number of hydrogen-bond acceptors (Lipinski definition) is 8. The van der Waals surface area contributed by atoms with Gasteiger partial charge in [0.1, 0.15) is 11.2 Å². The smallest absolute Gasteiger partial charge is 0.262 e. The summed E-state index contributed by atoms with van der Waals surface area (Å²) in [7, 11) is 0. The number of hydrogen-bond donors (Lipinski definition) is 0. The Hall–Kier alpha value is -7.52. The van der Waals surface area contributed by atoms with Crippen LogP contribution in [0.2, 0.25) is 0 Å². The Morgan fingerprint density at radius 2 is 0.847 bits per heavy atom. The van der Waals surface area contributed by atoms with E-state index in [0.29, 0.717) is 37.9 Å². The molecular formula is C63H59BN2O6. The topological polar surface area (TPSA) is 69.7 Å². The van der Waals surface area contributed by atoms with E-state index in [1.807, 2.05) is 0 Å². The van der Waals surface area contributed by atoms with Crippen LogP contribution in [0.25, 0.3) is 44.2 Å². The fraction of sp³-hybridized carbons (Fsp3) is 0.270. The zero-order valence-electron chi connectivity index (χ0n) is 42.4. The maximum absolute atomic E-state index is 7.46. The Bertz CT molecular complexity index is 3390. The van der Waals surface area contributed by atoms with Gasteiger partial charge in [0.2, 0.25) is 11.8 Å². The van der Waals surface area contributed by atoms with Crippen LogP contribution >= 0.6 is 0 Å². The molecule has 9 aromatic rings. The minimum Gasteiger partial charge on any atom is -0.490 e. The second kappa shape index (κ2) is 16.5. The first-order chi connectivity index (χ1) is 34.8. The van der Waals surface area contributed by atoms with Crippen LogP contribution < -0.4 is 45.1 Å². The SMILES string of the molecule is CC(C)c1cc2c3c(c1)N(c1cc4c(cc1-c1ccccc1)OCCCO4)c1oc4ccc(C(C)(C)C)cc4c1B3c1c(oc3ccc(C(C)(C)C)cc13)N2c1cc2c(cc1-c1ccccc1)OCCCO2. The van der Waals surface area contributed by atoms with Gasteiger partial charge < -0.3 is 27.8 Å². The first-order valence-corrected chi connectivity index (χ1v) is 25.7. The average Bonchev–Trinajstić information content (AvgIpc) is 3.73. The minimum absolute atomic E-state index is 0.125. The average molecular weight is 951 g/mol. The molecule has 2 aromatic heterocycles. The van der Waals surface area contributed by atoms with Crippen LogP contribution in [0.4, 0.5) is 34.5 Å². The van der Waals surface area contributed by atoms with Crippen LogP contribution in [0.3, 0.4) is 0 Å². The molecule has 7 aromatic carbocycles. The van der Waals surface area contributed by atoms with Gasteiger partial charge in [-0.25, -0.2) is 0 Å². The van der Waals surface area contributed by atoms with E-state index in [4.69, 9.17) is 27.8 Å². The number of benzene rings is 7. The number of ether oxygens (including phenoxy) is 4. The summed E-state index contributed by atoms with van der Waals surface area (Å²) in [6.45, 7) is 20.2. The van der Waals surface area contributed by atoms with E-state index >= 15 is 0 Å². The van der Waals surface area contributed by atoms with Crippen molar-refractivity contribution in [2.45, 2.75) is 85.0 Å². The molecule has 0 saturated heterocycles. The third-order valence-electron chi connectivity index (χ3n) is 15.1. The fourth-order valence-electron chi connectivity index (χ4n) is 11.3. The van der Waals surface area contributed by atoms with Gasteiger partial charge >= 0.3 is 0 Å². The molecule has 0 unspecified atom stereocenters. The van der Waals surface area contributed by atoms with Crippen molar-refractivity contribution in [3.63, 3.8) is 0 Å². The summed E-state index contributed by atoms with van der Waals surface area (Å²) in [5, 5.41) is 2.16. The van der Waals surface area contributed by atoms with Crippen molar-refractivity contribution in [1.82, 2.24) is 0 Å². The van der Waals surface area contributed by atoms with Crippen LogP contribution in [0.15, 0.2) is 142 Å². The maximum Gasteiger partial charge on any atom is 0.262 e. The van der Waals surface area contributed by atoms with Crippen LogP contribution in [0.5, 0.6) is 23.0 Å². The Kier molecular flexibility index (Phi) is 10.2. The minimum atomic E-state index is -0.303. The fourth-order valence-corrected chi connectivity index (χ4v) is 11.3. The van der Waals surface area contributed by atoms with Gasteiger partial charge in [0, 0.05) is 69.2 Å². The molecule has 0 amide bonds. The predicted molar refractivity (Wildman–Crippen MR) is 294 cm³/mol. The number of nitrogens with zero attached hydrogens (tertiary/aromatic N) is 2. The van der Waals surface area contributed by atoms with E-state index < -0.39 is 0 Å². The molecule has 0 bridgehead atoms. The Morgan fingerprint density at radius 3 is 1.24 bits per heavy atom. The molecule has 0 saturated carbocycles. The van der Waals surface area contributed by atoms with Gasteiger partial charge in [-0.2, -0.15) is 0 Å². The van der Waals surface area contributed by atoms with Crippen LogP contribution in [0, 0.1) is 0 Å². The van der Waals surface area contributed by atoms with E-state index in [1.165, 1.54) is 16.7 Å². The molecule has 4 aliphatic rings. The summed E-state index contributed by atoms with van der Waals surface area (Å²) in [6, 6.07) is 48.3. The molecular weight excluding hydrogens is 892 g/mol. The lowest BCUT2D eigenvalue weighted by atomic mass is 9.33. The maximum atomic E-state index is 7.46. The molecule has 0 fully saturated rings. The summed E-state index contributed by atoms with van der Waals surface area (Å²) in [4.78, 5) is 4.78. The molecule has 4 aliphatic heterocycles. The van der Waals surface area contributed by atoms with E-state index in [9.17, 15) is 0 Å². The molecule has 13 rings (SSSR count). The summed E-state index contributed by atoms with van der Waals surface area (Å²) >= 11 is 0. The van der Waals surface area contributed by atoms with Crippen LogP contribution in [-0.4, -0.2) is 33.1 Å². The van der Waals surface area contributed by atoms with Gasteiger partial charge in [-0.15, -0.1) is 0 Å². The Morgan fingerprint density at radius 1 is 0.444 bits per heavy atom. The highest BCUT2D eigenvalue weighted by molar-refractivity contribution is 7.02. The molecule has 72 heavy (non-hydrogen) atoms. The molecule has 0 N–H and O–H groups in total. The van der Waals surface area contributed by atoms with Crippen molar-refractivity contribution in [2.24, 2.45) is 0 Å². The quantitative estimate of drug-likeness (QED) is 0.158.